The van der Waals surface area contributed by atoms with Gasteiger partial charge < -0.3 is 17.3 Å². The smallest absolute Gasteiger partial charge is 0 e. The maximum atomic E-state index is 9.75. The van der Waals surface area contributed by atoms with Crippen LogP contribution in [0.5, 0.6) is 0 Å². The van der Waals surface area contributed by atoms with Crippen LogP contribution in [0, 0.1) is 33.0 Å². The molecule has 1 rings (SSSR count). The number of hydrogen-bond donors (Lipinski definition) is 0. The minimum atomic E-state index is -6.00. The summed E-state index contributed by atoms with van der Waals surface area (Å²) in [6.45, 7) is 18.0. The molecule has 0 unspecified atom stereocenters. The van der Waals surface area contributed by atoms with Crippen LogP contribution in [0.25, 0.3) is 0 Å². The van der Waals surface area contributed by atoms with E-state index in [1.54, 1.807) is 0 Å². The topological polar surface area (TPSA) is 79.6 Å². The molecule has 0 saturated carbocycles. The maximum Gasteiger partial charge on any atom is 0 e. The Morgan fingerprint density at radius 1 is 0.667 bits per heavy atom. The van der Waals surface area contributed by atoms with Gasteiger partial charge >= 0.3 is 52.5 Å². The Hall–Kier alpha value is -1.09. The van der Waals surface area contributed by atoms with Crippen molar-refractivity contribution in [1.29, 1.82) is 0 Å². The fraction of sp³-hybridized carbons (Fsp3) is 0.182. The first-order valence-electron chi connectivity index (χ1n) is 4.34. The predicted octanol–water partition coefficient (Wildman–Crippen LogP) is 3.24. The SMILES string of the molecule is F[B-](F)(F)F.[C-]#[O+].[C-]#[O+].[C-]#[O+].[C-]#[O+].[CH]1C=CC=CCC1.[Mo]. The molecule has 4 nitrogen and oxygen atoms in total. The van der Waals surface area contributed by atoms with Gasteiger partial charge in [-0.1, -0.05) is 24.3 Å². The molecule has 0 heterocycles. The third-order valence-electron chi connectivity index (χ3n) is 0.994. The van der Waals surface area contributed by atoms with E-state index in [9.17, 15) is 17.3 Å². The van der Waals surface area contributed by atoms with Crippen LogP contribution in [0.1, 0.15) is 12.8 Å². The van der Waals surface area contributed by atoms with Gasteiger partial charge in [0.1, 0.15) is 0 Å². The third kappa shape index (κ3) is 155. The summed E-state index contributed by atoms with van der Waals surface area (Å²) in [6.07, 6.45) is 13.0. The average molecular weight is 388 g/mol. The van der Waals surface area contributed by atoms with Gasteiger partial charge in [0.25, 0.3) is 0 Å². The average Bonchev–Trinajstić information content (AvgIpc) is 2.78. The van der Waals surface area contributed by atoms with Crippen molar-refractivity contribution in [3.63, 3.8) is 0 Å². The van der Waals surface area contributed by atoms with Crippen LogP contribution < -0.4 is 0 Å². The van der Waals surface area contributed by atoms with Crippen molar-refractivity contribution in [2.24, 2.45) is 0 Å². The quantitative estimate of drug-likeness (QED) is 0.265. The molecule has 0 aromatic heterocycles. The Morgan fingerprint density at radius 2 is 1.00 bits per heavy atom. The molecule has 115 valence electrons. The van der Waals surface area contributed by atoms with Crippen molar-refractivity contribution in [3.8, 4) is 0 Å². The monoisotopic (exact) mass is 390 g/mol. The first-order chi connectivity index (χ1) is 9.50. The van der Waals surface area contributed by atoms with E-state index in [4.69, 9.17) is 18.6 Å². The predicted molar refractivity (Wildman–Crippen MR) is 57.7 cm³/mol. The zero-order chi connectivity index (χ0) is 17.4. The Bertz CT molecular complexity index is 267. The van der Waals surface area contributed by atoms with Gasteiger partial charge in [-0.2, -0.15) is 0 Å². The summed E-state index contributed by atoms with van der Waals surface area (Å²) in [5, 5.41) is 0. The normalized spacial score (nSPS) is 9.71. The zero-order valence-corrected chi connectivity index (χ0v) is 12.4. The summed E-state index contributed by atoms with van der Waals surface area (Å²) < 4.78 is 69.0. The molecular weight excluding hydrogens is 379 g/mol. The summed E-state index contributed by atoms with van der Waals surface area (Å²) in [7, 11) is -6.00. The van der Waals surface area contributed by atoms with E-state index < -0.39 is 7.25 Å². The van der Waals surface area contributed by atoms with E-state index in [1.165, 1.54) is 12.8 Å². The van der Waals surface area contributed by atoms with Gasteiger partial charge in [0.15, 0.2) is 0 Å². The Labute approximate surface area is 134 Å². The van der Waals surface area contributed by atoms with E-state index in [2.05, 4.69) is 57.3 Å². The molecule has 10 heteroatoms. The molecule has 0 saturated heterocycles. The van der Waals surface area contributed by atoms with Crippen LogP contribution in [-0.4, -0.2) is 7.25 Å². The molecule has 0 atom stereocenters. The minimum absolute atomic E-state index is 0. The number of allylic oxidation sites excluding steroid dienone is 4. The molecule has 1 aliphatic carbocycles. The van der Waals surface area contributed by atoms with E-state index in [0.717, 1.165) is 0 Å². The van der Waals surface area contributed by atoms with Gasteiger partial charge in [0.2, 0.25) is 0 Å². The van der Waals surface area contributed by atoms with Gasteiger partial charge in [0, 0.05) is 21.1 Å². The van der Waals surface area contributed by atoms with E-state index >= 15 is 0 Å². The van der Waals surface area contributed by atoms with Gasteiger partial charge in [-0.25, -0.2) is 0 Å². The van der Waals surface area contributed by atoms with Gasteiger partial charge in [0.05, 0.1) is 0 Å². The second-order valence-electron chi connectivity index (χ2n) is 2.12. The largest absolute Gasteiger partial charge is 0.0845 e. The minimum Gasteiger partial charge on any atom is -0.0845 e. The third-order valence-corrected chi connectivity index (χ3v) is 0.994. The van der Waals surface area contributed by atoms with Crippen molar-refractivity contribution >= 4 is 7.25 Å². The van der Waals surface area contributed by atoms with Crippen molar-refractivity contribution in [2.45, 2.75) is 12.8 Å². The van der Waals surface area contributed by atoms with Gasteiger partial charge in [-0.15, -0.1) is 0 Å². The van der Waals surface area contributed by atoms with Gasteiger partial charge in [-0.05, 0) is 19.3 Å². The second-order valence-corrected chi connectivity index (χ2v) is 2.12. The molecule has 1 radical (unpaired) electrons. The van der Waals surface area contributed by atoms with Gasteiger partial charge in [-0.3, -0.25) is 0 Å². The number of hydrogen-bond acceptors (Lipinski definition) is 0. The van der Waals surface area contributed by atoms with Crippen molar-refractivity contribution in [1.82, 2.24) is 0 Å². The Balaban J connectivity index is -0.0000000360. The first kappa shape index (κ1) is 36.8. The summed E-state index contributed by atoms with van der Waals surface area (Å²) in [4.78, 5) is 0. The molecular formula is C11H9BF4MoO4-. The molecule has 0 N–H and O–H groups in total. The summed E-state index contributed by atoms with van der Waals surface area (Å²) >= 11 is 0. The molecule has 0 aromatic rings. The fourth-order valence-electron chi connectivity index (χ4n) is 0.606. The summed E-state index contributed by atoms with van der Waals surface area (Å²) in [5.74, 6) is 0. The molecule has 0 amide bonds. The van der Waals surface area contributed by atoms with Crippen molar-refractivity contribution < 1.29 is 56.9 Å². The van der Waals surface area contributed by atoms with Crippen LogP contribution in [-0.2, 0) is 39.7 Å². The Kier molecular flexibility index (Phi) is 74.9. The molecule has 0 aliphatic heterocycles. The number of rotatable bonds is 0. The fourth-order valence-corrected chi connectivity index (χ4v) is 0.606. The van der Waals surface area contributed by atoms with E-state index in [1.807, 2.05) is 0 Å². The second kappa shape index (κ2) is 42.8. The first-order valence-corrected chi connectivity index (χ1v) is 4.34. The van der Waals surface area contributed by atoms with Crippen LogP contribution in [0.3, 0.4) is 0 Å². The van der Waals surface area contributed by atoms with Crippen LogP contribution in [0.15, 0.2) is 24.3 Å². The zero-order valence-electron chi connectivity index (χ0n) is 10.4. The standard InChI is InChI=1S/C7H9.4CO.BF4.Mo/c1-2-4-6-7-5-3-1;4*1-2;2-1(3,4)5;/h1-5H,6-7H2;;;;;;/q;;;;;-1;. The summed E-state index contributed by atoms with van der Waals surface area (Å²) in [6, 6.07) is 0. The van der Waals surface area contributed by atoms with Crippen molar-refractivity contribution in [3.05, 3.63) is 57.3 Å². The van der Waals surface area contributed by atoms with E-state index in [0.29, 0.717) is 0 Å². The van der Waals surface area contributed by atoms with Crippen LogP contribution in [0.2, 0.25) is 0 Å². The van der Waals surface area contributed by atoms with Crippen molar-refractivity contribution in [2.75, 3.05) is 0 Å². The van der Waals surface area contributed by atoms with E-state index in [-0.39, 0.29) is 21.1 Å². The molecule has 0 bridgehead atoms. The molecule has 0 fully saturated rings. The molecule has 1 aliphatic rings. The maximum absolute atomic E-state index is 9.75. The van der Waals surface area contributed by atoms with Crippen LogP contribution >= 0.6 is 0 Å². The number of halogens is 4. The molecule has 0 aromatic carbocycles. The summed E-state index contributed by atoms with van der Waals surface area (Å²) in [5.41, 5.74) is 0. The van der Waals surface area contributed by atoms with Crippen LogP contribution in [0.4, 0.5) is 17.3 Å². The molecule has 0 spiro atoms. The molecule has 21 heavy (non-hydrogen) atoms. The Morgan fingerprint density at radius 3 is 1.33 bits per heavy atom.